The number of rotatable bonds is 0. The molecule has 1 aromatic heterocycles. The lowest BCUT2D eigenvalue weighted by atomic mass is 11.4. The molecule has 8 heteroatoms. The number of aromatic nitrogens is 4. The van der Waals surface area contributed by atoms with Gasteiger partial charge in [0.2, 0.25) is 0 Å². The highest BCUT2D eigenvalue weighted by Gasteiger charge is 1.65. The summed E-state index contributed by atoms with van der Waals surface area (Å²) < 4.78 is 0. The fourth-order valence-corrected chi connectivity index (χ4v) is 0.129. The molecule has 0 aliphatic rings. The van der Waals surface area contributed by atoms with Crippen molar-refractivity contribution in [3.05, 3.63) is 16.4 Å². The number of nitrogens with zero attached hydrogens (tertiary/aromatic N) is 4. The molecule has 1 aromatic rings. The van der Waals surface area contributed by atoms with Crippen molar-refractivity contribution in [1.82, 2.24) is 20.6 Å². The molecule has 50 valence electrons. The predicted molar refractivity (Wildman–Crippen MR) is 23.0 cm³/mol. The van der Waals surface area contributed by atoms with Crippen molar-refractivity contribution in [3.63, 3.8) is 0 Å². The van der Waals surface area contributed by atoms with Gasteiger partial charge in [-0.1, -0.05) is 0 Å². The second-order valence-electron chi connectivity index (χ2n) is 0.801. The second kappa shape index (κ2) is 4.43. The average molecular weight is 133 g/mol. The summed E-state index contributed by atoms with van der Waals surface area (Å²) in [6, 6.07) is 0. The van der Waals surface area contributed by atoms with Crippen molar-refractivity contribution < 1.29 is 10.3 Å². The Kier molecular flexibility index (Phi) is 3.58. The van der Waals surface area contributed by atoms with Crippen LogP contribution in [0.25, 0.3) is 0 Å². The largest absolute Gasteiger partial charge is 0.328 e. The maximum atomic E-state index is 8.36. The standard InChI is InChI=1S/CH2N4.HNO3/c1-2-4-5-3-1;2-1(3)4/h1H,(H,2,3,4,5);(H,2,3,4). The highest BCUT2D eigenvalue weighted by Crippen LogP contribution is 1.43. The zero-order valence-electron chi connectivity index (χ0n) is 4.13. The second-order valence-corrected chi connectivity index (χ2v) is 0.801. The number of tetrazole rings is 1. The lowest BCUT2D eigenvalue weighted by molar-refractivity contribution is -0.742. The maximum Gasteiger partial charge on any atom is 0.291 e. The topological polar surface area (TPSA) is 118 Å². The van der Waals surface area contributed by atoms with Gasteiger partial charge in [-0.15, -0.1) is 15.2 Å². The van der Waals surface area contributed by atoms with Gasteiger partial charge in [-0.05, 0) is 10.4 Å². The van der Waals surface area contributed by atoms with Crippen molar-refractivity contribution in [1.29, 1.82) is 0 Å². The van der Waals surface area contributed by atoms with Gasteiger partial charge in [0.1, 0.15) is 6.33 Å². The number of H-pyrrole nitrogens is 1. The third-order valence-corrected chi connectivity index (χ3v) is 0.270. The summed E-state index contributed by atoms with van der Waals surface area (Å²) in [7, 11) is 0. The van der Waals surface area contributed by atoms with E-state index in [0.717, 1.165) is 0 Å². The minimum atomic E-state index is -1.50. The highest BCUT2D eigenvalue weighted by atomic mass is 16.9. The molecule has 0 unspecified atom stereocenters. The molecule has 0 radical (unpaired) electrons. The van der Waals surface area contributed by atoms with Crippen molar-refractivity contribution in [3.8, 4) is 0 Å². The molecule has 8 nitrogen and oxygen atoms in total. The Morgan fingerprint density at radius 3 is 2.44 bits per heavy atom. The van der Waals surface area contributed by atoms with Crippen LogP contribution in [0.15, 0.2) is 6.33 Å². The van der Waals surface area contributed by atoms with Crippen molar-refractivity contribution in [2.24, 2.45) is 0 Å². The van der Waals surface area contributed by atoms with Crippen molar-refractivity contribution in [2.75, 3.05) is 0 Å². The van der Waals surface area contributed by atoms with Crippen LogP contribution in [-0.4, -0.2) is 30.9 Å². The van der Waals surface area contributed by atoms with Gasteiger partial charge in [-0.2, -0.15) is 0 Å². The molecule has 0 amide bonds. The smallest absolute Gasteiger partial charge is 0.291 e. The molecule has 0 saturated heterocycles. The number of hydrogen-bond donors (Lipinski definition) is 2. The molecule has 0 aromatic carbocycles. The van der Waals surface area contributed by atoms with E-state index in [2.05, 4.69) is 20.6 Å². The van der Waals surface area contributed by atoms with Crippen LogP contribution in [0.3, 0.4) is 0 Å². The third kappa shape index (κ3) is 10.7. The molecule has 0 saturated carbocycles. The van der Waals surface area contributed by atoms with E-state index in [1.807, 2.05) is 0 Å². The van der Waals surface area contributed by atoms with E-state index in [-0.39, 0.29) is 0 Å². The first kappa shape index (κ1) is 7.27. The van der Waals surface area contributed by atoms with E-state index < -0.39 is 5.09 Å². The molecule has 0 bridgehead atoms. The van der Waals surface area contributed by atoms with E-state index in [1.165, 1.54) is 6.33 Å². The summed E-state index contributed by atoms with van der Waals surface area (Å²) in [5.41, 5.74) is 0. The van der Waals surface area contributed by atoms with E-state index in [0.29, 0.717) is 0 Å². The molecule has 0 aliphatic heterocycles. The van der Waals surface area contributed by atoms with Crippen molar-refractivity contribution in [2.45, 2.75) is 0 Å². The van der Waals surface area contributed by atoms with Crippen LogP contribution in [0.1, 0.15) is 0 Å². The first-order valence-electron chi connectivity index (χ1n) is 1.74. The normalized spacial score (nSPS) is 7.11. The molecule has 2 N–H and O–H groups in total. The van der Waals surface area contributed by atoms with Gasteiger partial charge in [-0.25, -0.2) is 5.10 Å². The Balaban J connectivity index is 0.000000148. The molecule has 0 atom stereocenters. The van der Waals surface area contributed by atoms with E-state index in [4.69, 9.17) is 15.3 Å². The Hall–Kier alpha value is -1.73. The zero-order chi connectivity index (χ0) is 7.11. The van der Waals surface area contributed by atoms with Crippen molar-refractivity contribution >= 4 is 0 Å². The third-order valence-electron chi connectivity index (χ3n) is 0.270. The van der Waals surface area contributed by atoms with E-state index >= 15 is 0 Å². The first-order chi connectivity index (χ1) is 4.23. The molecule has 9 heavy (non-hydrogen) atoms. The summed E-state index contributed by atoms with van der Waals surface area (Å²) in [4.78, 5) is 8.36. The first-order valence-corrected chi connectivity index (χ1v) is 1.74. The molecule has 0 spiro atoms. The zero-order valence-corrected chi connectivity index (χ0v) is 4.13. The molecule has 0 fully saturated rings. The summed E-state index contributed by atoms with van der Waals surface area (Å²) in [6.07, 6.45) is 1.40. The molecule has 0 aliphatic carbocycles. The fraction of sp³-hybridized carbons (Fsp3) is 0. The maximum absolute atomic E-state index is 8.36. The SMILES string of the molecule is O=[N+]([O-])O.c1nnn[nH]1. The number of nitrogens with one attached hydrogen (secondary N) is 1. The van der Waals surface area contributed by atoms with Gasteiger partial charge in [0.25, 0.3) is 5.09 Å². The molecule has 1 heterocycles. The minimum absolute atomic E-state index is 1.40. The molecular formula is CH3N5O3. The van der Waals surface area contributed by atoms with Gasteiger partial charge >= 0.3 is 0 Å². The monoisotopic (exact) mass is 133 g/mol. The van der Waals surface area contributed by atoms with Crippen LogP contribution in [0, 0.1) is 10.1 Å². The summed E-state index contributed by atoms with van der Waals surface area (Å²) in [6.45, 7) is 0. The van der Waals surface area contributed by atoms with E-state index in [9.17, 15) is 0 Å². The van der Waals surface area contributed by atoms with Gasteiger partial charge in [-0.3, -0.25) is 0 Å². The number of hydrogen-bond acceptors (Lipinski definition) is 5. The van der Waals surface area contributed by atoms with Crippen LogP contribution in [0.2, 0.25) is 0 Å². The Labute approximate surface area is 48.6 Å². The summed E-state index contributed by atoms with van der Waals surface area (Å²) >= 11 is 0. The quantitative estimate of drug-likeness (QED) is 0.340. The Bertz CT molecular complexity index is 126. The van der Waals surface area contributed by atoms with Gasteiger partial charge in [0, 0.05) is 0 Å². The Morgan fingerprint density at radius 2 is 2.33 bits per heavy atom. The van der Waals surface area contributed by atoms with Gasteiger partial charge in [0.05, 0.1) is 0 Å². The predicted octanol–water partition coefficient (Wildman–Crippen LogP) is -1.15. The van der Waals surface area contributed by atoms with Crippen LogP contribution in [-0.2, 0) is 0 Å². The fourth-order valence-electron chi connectivity index (χ4n) is 0.129. The molecular weight excluding hydrogens is 130 g/mol. The summed E-state index contributed by atoms with van der Waals surface area (Å²) in [5, 5.41) is 25.7. The lowest BCUT2D eigenvalue weighted by Crippen LogP contribution is -1.81. The van der Waals surface area contributed by atoms with Crippen LogP contribution < -0.4 is 0 Å². The van der Waals surface area contributed by atoms with Crippen LogP contribution in [0.4, 0.5) is 0 Å². The van der Waals surface area contributed by atoms with Crippen LogP contribution in [0.5, 0.6) is 0 Å². The Morgan fingerprint density at radius 1 is 1.78 bits per heavy atom. The van der Waals surface area contributed by atoms with Crippen LogP contribution >= 0.6 is 0 Å². The molecule has 1 rings (SSSR count). The lowest BCUT2D eigenvalue weighted by Gasteiger charge is -1.56. The minimum Gasteiger partial charge on any atom is -0.328 e. The average Bonchev–Trinajstić information content (AvgIpc) is 2.11. The van der Waals surface area contributed by atoms with Gasteiger partial charge in [0.15, 0.2) is 0 Å². The summed E-state index contributed by atoms with van der Waals surface area (Å²) in [5.74, 6) is 0. The van der Waals surface area contributed by atoms with Gasteiger partial charge < -0.3 is 5.21 Å². The van der Waals surface area contributed by atoms with E-state index in [1.54, 1.807) is 0 Å². The number of aromatic amines is 1. The highest BCUT2D eigenvalue weighted by molar-refractivity contribution is 4.24.